The molecule has 0 radical (unpaired) electrons. The number of rotatable bonds is 24. The molecule has 4 aliphatic rings. The third-order valence-corrected chi connectivity index (χ3v) is 16.7. The third kappa shape index (κ3) is 14.0. The summed E-state index contributed by atoms with van der Waals surface area (Å²) in [7, 11) is 0. The van der Waals surface area contributed by atoms with Crippen LogP contribution in [0.1, 0.15) is 115 Å². The van der Waals surface area contributed by atoms with E-state index in [1.54, 1.807) is 62.9 Å². The molecule has 22 nitrogen and oxygen atoms in total. The summed E-state index contributed by atoms with van der Waals surface area (Å²) in [5, 5.41) is 26.0. The summed E-state index contributed by atoms with van der Waals surface area (Å²) in [5.41, 5.74) is 6.16. The van der Waals surface area contributed by atoms with Crippen molar-refractivity contribution in [2.75, 3.05) is 56.4 Å². The van der Waals surface area contributed by atoms with Crippen molar-refractivity contribution in [1.29, 1.82) is 0 Å². The number of hydrogen-bond acceptors (Lipinski definition) is 15. The van der Waals surface area contributed by atoms with E-state index >= 15 is 4.39 Å². The highest BCUT2D eigenvalue weighted by Gasteiger charge is 2.46. The van der Waals surface area contributed by atoms with Gasteiger partial charge in [0.15, 0.2) is 5.60 Å². The normalized spacial score (nSPS) is 17.0. The number of nitrogens with zero attached hydrogens (tertiary/aromatic N) is 3. The summed E-state index contributed by atoms with van der Waals surface area (Å²) in [5.74, 6) is -3.69. The first-order valence-corrected chi connectivity index (χ1v) is 30.2. The minimum atomic E-state index is -2.04. The van der Waals surface area contributed by atoms with Crippen molar-refractivity contribution in [1.82, 2.24) is 30.8 Å². The monoisotopic (exact) mass is 1230 g/mol. The fourth-order valence-corrected chi connectivity index (χ4v) is 11.8. The standard InChI is InChI=1S/C67H73FN8O14/c1-6-67(85)49-31-54-61-47(34-76(54)64(82)48(49)36-89-65(67)83)59-51(22-21-46-39(4)50(68)32-52(72-61)58(46)59)73-66(84)90-35-41-15-19-45(20-16-41)71-62(80)40(5)70-63(81)60(38(2)3)74-56(78)37-88-30-29-87-28-27-86-26-25-69-55(77)23-24-57(79)75-33-44-13-8-7-11-42(44)17-18-43-12-9-10-14-53(43)75/h7-20,31-32,38,40,51,60,85H,6,21-30,33-37H2,1-5H3,(H,69,77)(H,70,81)(H,71,80)(H,73,84)(H,74,78)/b18-17-/t40-,51-,60-,67-/m0/s1. The van der Waals surface area contributed by atoms with Crippen LogP contribution in [-0.2, 0) is 90.8 Å². The Morgan fingerprint density at radius 1 is 0.811 bits per heavy atom. The zero-order chi connectivity index (χ0) is 63.8. The molecule has 0 bridgehead atoms. The number of aliphatic hydroxyl groups is 1. The van der Waals surface area contributed by atoms with Gasteiger partial charge in [-0.25, -0.2) is 19.0 Å². The van der Waals surface area contributed by atoms with Crippen molar-refractivity contribution in [3.05, 3.63) is 157 Å². The molecule has 0 spiro atoms. The quantitative estimate of drug-likeness (QED) is 0.0272. The number of anilines is 2. The Morgan fingerprint density at radius 2 is 1.52 bits per heavy atom. The van der Waals surface area contributed by atoms with Gasteiger partial charge in [-0.2, -0.15) is 0 Å². The second-order valence-corrected chi connectivity index (χ2v) is 23.0. The number of alkyl carbamates (subject to hydrolysis) is 1. The Labute approximate surface area is 518 Å². The maximum Gasteiger partial charge on any atom is 0.407 e. The molecule has 90 heavy (non-hydrogen) atoms. The van der Waals surface area contributed by atoms with E-state index in [0.717, 1.165) is 27.9 Å². The van der Waals surface area contributed by atoms with Crippen LogP contribution in [0.15, 0.2) is 89.7 Å². The third-order valence-electron chi connectivity index (χ3n) is 16.7. The second kappa shape index (κ2) is 28.1. The number of aromatic nitrogens is 2. The molecule has 6 amide bonds. The van der Waals surface area contributed by atoms with Crippen LogP contribution in [0.2, 0.25) is 0 Å². The fourth-order valence-electron chi connectivity index (χ4n) is 11.8. The van der Waals surface area contributed by atoms with Gasteiger partial charge in [0.2, 0.25) is 29.5 Å². The van der Waals surface area contributed by atoms with Crippen LogP contribution in [0, 0.1) is 18.7 Å². The molecule has 23 heteroatoms. The van der Waals surface area contributed by atoms with Gasteiger partial charge in [0, 0.05) is 47.7 Å². The molecule has 5 heterocycles. The lowest BCUT2D eigenvalue weighted by atomic mass is 9.81. The van der Waals surface area contributed by atoms with Gasteiger partial charge in [-0.15, -0.1) is 0 Å². The maximum absolute atomic E-state index is 15.4. The highest BCUT2D eigenvalue weighted by Crippen LogP contribution is 2.46. The number of ether oxygens (including phenoxy) is 5. The first-order chi connectivity index (χ1) is 43.3. The number of fused-ring (bicyclic) bond motifs is 7. The van der Waals surface area contributed by atoms with Gasteiger partial charge in [0.25, 0.3) is 5.56 Å². The van der Waals surface area contributed by atoms with Crippen LogP contribution in [0.4, 0.5) is 20.6 Å². The van der Waals surface area contributed by atoms with E-state index in [1.165, 1.54) is 17.6 Å². The van der Waals surface area contributed by atoms with Gasteiger partial charge in [0.1, 0.15) is 37.7 Å². The molecule has 472 valence electrons. The van der Waals surface area contributed by atoms with E-state index in [2.05, 4.69) is 26.6 Å². The second-order valence-electron chi connectivity index (χ2n) is 23.0. The SMILES string of the molecule is CC[C@@]1(O)C(=O)OCc2c1cc1n(c2=O)Cc2c-1nc1cc(F)c(C)c3c1c2[C@@H](NC(=O)OCc1ccc(NC(=O)[C@H](C)NC(=O)[C@@H](NC(=O)COCCOCCOCCNC(=O)CCC(=O)N2Cc4ccccc4/C=C\c4ccccc42)C(C)C)cc1)CC3. The number of cyclic esters (lactones) is 1. The van der Waals surface area contributed by atoms with Crippen LogP contribution in [0.25, 0.3) is 34.4 Å². The number of benzene rings is 4. The number of esters is 1. The minimum Gasteiger partial charge on any atom is -0.458 e. The predicted octanol–water partition coefficient (Wildman–Crippen LogP) is 6.69. The van der Waals surface area contributed by atoms with Gasteiger partial charge in [-0.3, -0.25) is 28.8 Å². The highest BCUT2D eigenvalue weighted by molar-refractivity contribution is 6.00. The summed E-state index contributed by atoms with van der Waals surface area (Å²) in [6.07, 6.45) is 4.16. The first kappa shape index (κ1) is 63.8. The van der Waals surface area contributed by atoms with Crippen molar-refractivity contribution >= 4 is 76.0 Å². The molecule has 2 aromatic heterocycles. The number of carbonyl (C=O) groups is 7. The van der Waals surface area contributed by atoms with Gasteiger partial charge >= 0.3 is 12.1 Å². The molecule has 3 aliphatic heterocycles. The van der Waals surface area contributed by atoms with Crippen molar-refractivity contribution in [3.8, 4) is 11.4 Å². The molecule has 6 N–H and O–H groups in total. The maximum atomic E-state index is 15.4. The average Bonchev–Trinajstić information content (AvgIpc) is 1.47. The number of para-hydroxylation sites is 1. The first-order valence-electron chi connectivity index (χ1n) is 30.2. The average molecular weight is 1230 g/mol. The van der Waals surface area contributed by atoms with E-state index in [9.17, 15) is 43.5 Å². The van der Waals surface area contributed by atoms with Gasteiger partial charge in [-0.1, -0.05) is 87.5 Å². The molecule has 0 saturated heterocycles. The Morgan fingerprint density at radius 3 is 2.28 bits per heavy atom. The van der Waals surface area contributed by atoms with Crippen LogP contribution >= 0.6 is 0 Å². The fraction of sp³-hybridized carbons (Fsp3) is 0.388. The smallest absolute Gasteiger partial charge is 0.407 e. The molecule has 10 rings (SSSR count). The van der Waals surface area contributed by atoms with Gasteiger partial charge in [0.05, 0.1) is 80.3 Å². The van der Waals surface area contributed by atoms with E-state index in [4.69, 9.17) is 28.7 Å². The highest BCUT2D eigenvalue weighted by atomic mass is 19.1. The van der Waals surface area contributed by atoms with Crippen molar-refractivity contribution in [2.45, 2.75) is 117 Å². The molecule has 4 atom stereocenters. The minimum absolute atomic E-state index is 0.0317. The summed E-state index contributed by atoms with van der Waals surface area (Å²) >= 11 is 0. The predicted molar refractivity (Wildman–Crippen MR) is 331 cm³/mol. The van der Waals surface area contributed by atoms with Gasteiger partial charge in [-0.05, 0) is 102 Å². The summed E-state index contributed by atoms with van der Waals surface area (Å²) < 4.78 is 44.4. The number of carbonyl (C=O) groups excluding carboxylic acids is 7. The Kier molecular flexibility index (Phi) is 19.9. The number of amides is 6. The van der Waals surface area contributed by atoms with E-state index in [0.29, 0.717) is 69.6 Å². The summed E-state index contributed by atoms with van der Waals surface area (Å²) in [6, 6.07) is 22.5. The zero-order valence-corrected chi connectivity index (χ0v) is 50.8. The van der Waals surface area contributed by atoms with Crippen LogP contribution < -0.4 is 37.0 Å². The number of nitrogens with one attached hydrogen (secondary N) is 5. The molecule has 1 aliphatic carbocycles. The van der Waals surface area contributed by atoms with E-state index < -0.39 is 64.9 Å². The van der Waals surface area contributed by atoms with Crippen molar-refractivity contribution < 1.29 is 66.7 Å². The molecule has 0 fully saturated rings. The lowest BCUT2D eigenvalue weighted by Crippen LogP contribution is -2.54. The Hall–Kier alpha value is -9.16. The lowest BCUT2D eigenvalue weighted by Gasteiger charge is -2.31. The number of halogens is 1. The van der Waals surface area contributed by atoms with E-state index in [-0.39, 0.29) is 114 Å². The Bertz CT molecular complexity index is 3870. The van der Waals surface area contributed by atoms with Crippen LogP contribution in [-0.4, -0.2) is 115 Å². The summed E-state index contributed by atoms with van der Waals surface area (Å²) in [6.45, 7) is 9.25. The number of pyridine rings is 2. The van der Waals surface area contributed by atoms with Crippen molar-refractivity contribution in [2.24, 2.45) is 5.92 Å². The molecular weight excluding hydrogens is 1160 g/mol. The molecule has 0 saturated carbocycles. The largest absolute Gasteiger partial charge is 0.458 e. The topological polar surface area (TPSA) is 284 Å². The Balaban J connectivity index is 0.613. The van der Waals surface area contributed by atoms with Crippen LogP contribution in [0.3, 0.4) is 0 Å². The lowest BCUT2D eigenvalue weighted by molar-refractivity contribution is -0.172. The molecule has 6 aromatic rings. The van der Waals surface area contributed by atoms with E-state index in [1.807, 2.05) is 60.7 Å². The molecular formula is C67H73FN8O14. The van der Waals surface area contributed by atoms with Crippen LogP contribution in [0.5, 0.6) is 0 Å². The van der Waals surface area contributed by atoms with Gasteiger partial charge < -0.3 is 64.8 Å². The summed E-state index contributed by atoms with van der Waals surface area (Å²) in [4.78, 5) is 113. The molecule has 0 unspecified atom stereocenters. The molecule has 4 aromatic carbocycles. The number of aryl methyl sites for hydroxylation is 1. The zero-order valence-electron chi connectivity index (χ0n) is 50.8. The van der Waals surface area contributed by atoms with Crippen molar-refractivity contribution in [3.63, 3.8) is 0 Å². The number of hydrogen-bond donors (Lipinski definition) is 6.